The van der Waals surface area contributed by atoms with E-state index in [2.05, 4.69) is 4.72 Å². The molecule has 0 radical (unpaired) electrons. The molecule has 110 valence electrons. The molecule has 0 bridgehead atoms. The van der Waals surface area contributed by atoms with Gasteiger partial charge in [0.2, 0.25) is 10.0 Å². The normalized spacial score (nSPS) is 16.9. The van der Waals surface area contributed by atoms with Gasteiger partial charge in [0.05, 0.1) is 10.9 Å². The van der Waals surface area contributed by atoms with Crippen LogP contribution < -0.4 is 10.5 Å². The minimum absolute atomic E-state index is 0.0581. The van der Waals surface area contributed by atoms with Crippen molar-refractivity contribution in [2.75, 3.05) is 17.9 Å². The van der Waals surface area contributed by atoms with Crippen LogP contribution in [0.3, 0.4) is 0 Å². The quantitative estimate of drug-likeness (QED) is 0.820. The molecule has 1 aliphatic heterocycles. The van der Waals surface area contributed by atoms with E-state index >= 15 is 0 Å². The maximum Gasteiger partial charge on any atom is 0.235 e. The summed E-state index contributed by atoms with van der Waals surface area (Å²) in [7, 11) is -3.63. The fourth-order valence-corrected chi connectivity index (χ4v) is 3.55. The second-order valence-electron chi connectivity index (χ2n) is 4.52. The summed E-state index contributed by atoms with van der Waals surface area (Å²) in [4.78, 5) is 0.0581. The van der Waals surface area contributed by atoms with Crippen molar-refractivity contribution in [1.82, 2.24) is 0 Å². The Balaban J connectivity index is 2.18. The minimum atomic E-state index is -3.63. The van der Waals surface area contributed by atoms with Crippen molar-refractivity contribution < 1.29 is 17.5 Å². The van der Waals surface area contributed by atoms with E-state index in [4.69, 9.17) is 22.7 Å². The van der Waals surface area contributed by atoms with Crippen LogP contribution in [-0.2, 0) is 14.8 Å². The molecule has 3 N–H and O–H groups in total. The van der Waals surface area contributed by atoms with Gasteiger partial charge >= 0.3 is 0 Å². The fraction of sp³-hybridized carbons (Fsp3) is 0.417. The van der Waals surface area contributed by atoms with Crippen molar-refractivity contribution in [3.63, 3.8) is 0 Å². The molecule has 1 heterocycles. The van der Waals surface area contributed by atoms with Crippen LogP contribution in [0.2, 0.25) is 0 Å². The number of nitrogens with two attached hydrogens (primary N) is 1. The Kier molecular flexibility index (Phi) is 4.56. The van der Waals surface area contributed by atoms with Crippen molar-refractivity contribution in [3.05, 3.63) is 29.6 Å². The molecular weight excluding hydrogens is 303 g/mol. The second-order valence-corrected chi connectivity index (χ2v) is 6.92. The Hall–Kier alpha value is -1.25. The van der Waals surface area contributed by atoms with E-state index in [1.165, 1.54) is 12.1 Å². The van der Waals surface area contributed by atoms with Crippen molar-refractivity contribution in [2.24, 2.45) is 5.73 Å². The van der Waals surface area contributed by atoms with Crippen LogP contribution in [0.5, 0.6) is 0 Å². The van der Waals surface area contributed by atoms with Gasteiger partial charge < -0.3 is 10.5 Å². The highest BCUT2D eigenvalue weighted by Crippen LogP contribution is 2.22. The molecule has 2 rings (SSSR count). The highest BCUT2D eigenvalue weighted by Gasteiger charge is 2.28. The third-order valence-corrected chi connectivity index (χ3v) is 5.20. The van der Waals surface area contributed by atoms with Gasteiger partial charge in [-0.1, -0.05) is 12.2 Å². The van der Waals surface area contributed by atoms with Crippen LogP contribution >= 0.6 is 12.2 Å². The average Bonchev–Trinajstić information content (AvgIpc) is 2.41. The average molecular weight is 318 g/mol. The molecule has 0 saturated carbocycles. The van der Waals surface area contributed by atoms with E-state index in [9.17, 15) is 12.8 Å². The number of sulfonamides is 1. The molecule has 0 unspecified atom stereocenters. The summed E-state index contributed by atoms with van der Waals surface area (Å²) < 4.78 is 45.5. The van der Waals surface area contributed by atoms with E-state index in [0.717, 1.165) is 6.07 Å². The summed E-state index contributed by atoms with van der Waals surface area (Å²) in [5.74, 6) is -0.703. The molecular formula is C12H15FN2O3S2. The van der Waals surface area contributed by atoms with Crippen LogP contribution in [-0.4, -0.2) is 31.9 Å². The summed E-state index contributed by atoms with van der Waals surface area (Å²) in [5.41, 5.74) is 5.64. The van der Waals surface area contributed by atoms with Gasteiger partial charge in [0.25, 0.3) is 0 Å². The first-order chi connectivity index (χ1) is 9.40. The molecule has 1 fully saturated rings. The van der Waals surface area contributed by atoms with E-state index in [-0.39, 0.29) is 10.7 Å². The lowest BCUT2D eigenvalue weighted by Gasteiger charge is -2.22. The van der Waals surface area contributed by atoms with E-state index in [1.807, 2.05) is 0 Å². The van der Waals surface area contributed by atoms with Gasteiger partial charge in [-0.2, -0.15) is 0 Å². The third-order valence-electron chi connectivity index (χ3n) is 3.11. The fourth-order valence-electron chi connectivity index (χ4n) is 1.97. The lowest BCUT2D eigenvalue weighted by molar-refractivity contribution is 0.0984. The van der Waals surface area contributed by atoms with Crippen molar-refractivity contribution in [1.29, 1.82) is 0 Å². The molecule has 1 aliphatic rings. The third kappa shape index (κ3) is 3.44. The maximum absolute atomic E-state index is 13.8. The van der Waals surface area contributed by atoms with Crippen LogP contribution in [0, 0.1) is 5.82 Å². The van der Waals surface area contributed by atoms with Gasteiger partial charge in [-0.25, -0.2) is 12.8 Å². The molecule has 5 nitrogen and oxygen atoms in total. The molecule has 0 aliphatic carbocycles. The van der Waals surface area contributed by atoms with E-state index in [0.29, 0.717) is 31.6 Å². The Morgan fingerprint density at radius 2 is 2.05 bits per heavy atom. The molecule has 0 aromatic heterocycles. The smallest absolute Gasteiger partial charge is 0.235 e. The zero-order valence-electron chi connectivity index (χ0n) is 10.6. The number of thiocarbonyl (C=S) groups is 1. The molecule has 20 heavy (non-hydrogen) atoms. The van der Waals surface area contributed by atoms with E-state index < -0.39 is 21.1 Å². The van der Waals surface area contributed by atoms with Crippen molar-refractivity contribution >= 4 is 32.9 Å². The maximum atomic E-state index is 13.8. The Bertz CT molecular complexity index is 613. The largest absolute Gasteiger partial charge is 0.389 e. The summed E-state index contributed by atoms with van der Waals surface area (Å²) in [5, 5.41) is -0.564. The first kappa shape index (κ1) is 15.1. The number of halogens is 1. The zero-order chi connectivity index (χ0) is 14.8. The highest BCUT2D eigenvalue weighted by atomic mass is 32.2. The van der Waals surface area contributed by atoms with Gasteiger partial charge in [0.15, 0.2) is 0 Å². The van der Waals surface area contributed by atoms with Crippen molar-refractivity contribution in [3.8, 4) is 0 Å². The molecule has 1 aromatic carbocycles. The minimum Gasteiger partial charge on any atom is -0.389 e. The number of benzene rings is 1. The van der Waals surface area contributed by atoms with Crippen LogP contribution in [0.15, 0.2) is 18.2 Å². The monoisotopic (exact) mass is 318 g/mol. The number of hydrogen-bond acceptors (Lipinski definition) is 4. The first-order valence-corrected chi connectivity index (χ1v) is 8.04. The Morgan fingerprint density at radius 1 is 1.40 bits per heavy atom. The van der Waals surface area contributed by atoms with Gasteiger partial charge in [-0.3, -0.25) is 4.72 Å². The predicted octanol–water partition coefficient (Wildman–Crippen LogP) is 1.38. The van der Waals surface area contributed by atoms with Gasteiger partial charge in [0.1, 0.15) is 10.8 Å². The first-order valence-electron chi connectivity index (χ1n) is 6.09. The van der Waals surface area contributed by atoms with E-state index in [1.54, 1.807) is 0 Å². The number of hydrogen-bond donors (Lipinski definition) is 2. The van der Waals surface area contributed by atoms with Gasteiger partial charge in [-0.15, -0.1) is 0 Å². The Morgan fingerprint density at radius 3 is 2.60 bits per heavy atom. The van der Waals surface area contributed by atoms with Crippen LogP contribution in [0.25, 0.3) is 0 Å². The lowest BCUT2D eigenvalue weighted by atomic mass is 10.2. The number of ether oxygens (including phenoxy) is 1. The lowest BCUT2D eigenvalue weighted by Crippen LogP contribution is -2.33. The molecule has 1 aromatic rings. The molecule has 0 atom stereocenters. The Labute approximate surface area is 122 Å². The van der Waals surface area contributed by atoms with Gasteiger partial charge in [-0.05, 0) is 31.0 Å². The molecule has 0 spiro atoms. The molecule has 0 amide bonds. The highest BCUT2D eigenvalue weighted by molar-refractivity contribution is 7.93. The van der Waals surface area contributed by atoms with Crippen LogP contribution in [0.1, 0.15) is 18.4 Å². The predicted molar refractivity (Wildman–Crippen MR) is 78.7 cm³/mol. The zero-order valence-corrected chi connectivity index (χ0v) is 12.3. The van der Waals surface area contributed by atoms with Crippen molar-refractivity contribution in [2.45, 2.75) is 18.1 Å². The molecule has 1 saturated heterocycles. The van der Waals surface area contributed by atoms with Gasteiger partial charge in [0, 0.05) is 18.8 Å². The SMILES string of the molecule is NC(=S)c1ccc(NS(=O)(=O)C2CCOCC2)c(F)c1. The topological polar surface area (TPSA) is 81.4 Å². The molecule has 8 heteroatoms. The second kappa shape index (κ2) is 6.02. The summed E-state index contributed by atoms with van der Waals surface area (Å²) in [6.07, 6.45) is 0.809. The number of rotatable bonds is 4. The summed E-state index contributed by atoms with van der Waals surface area (Å²) in [6.45, 7) is 0.795. The summed E-state index contributed by atoms with van der Waals surface area (Å²) in [6, 6.07) is 3.91. The van der Waals surface area contributed by atoms with Crippen LogP contribution in [0.4, 0.5) is 10.1 Å². The summed E-state index contributed by atoms with van der Waals surface area (Å²) >= 11 is 4.74. The standard InChI is InChI=1S/C12H15FN2O3S2/c13-10-7-8(12(14)19)1-2-11(10)15-20(16,17)9-3-5-18-6-4-9/h1-2,7,9,15H,3-6H2,(H2,14,19). The number of nitrogens with one attached hydrogen (secondary N) is 1. The number of anilines is 1.